The van der Waals surface area contributed by atoms with Crippen molar-refractivity contribution in [3.05, 3.63) is 72.1 Å². The van der Waals surface area contributed by atoms with Crippen LogP contribution in [0, 0.1) is 0 Å². The third-order valence-electron chi connectivity index (χ3n) is 4.17. The molecule has 0 atom stereocenters. The van der Waals surface area contributed by atoms with E-state index in [2.05, 4.69) is 15.3 Å². The van der Waals surface area contributed by atoms with Crippen LogP contribution >= 0.6 is 0 Å². The Morgan fingerprint density at radius 2 is 1.89 bits per heavy atom. The monoisotopic (exact) mass is 364 g/mol. The van der Waals surface area contributed by atoms with Gasteiger partial charge >= 0.3 is 0 Å². The average Bonchev–Trinajstić information content (AvgIpc) is 3.18. The third kappa shape index (κ3) is 4.67. The predicted octanol–water partition coefficient (Wildman–Crippen LogP) is 3.56. The molecule has 0 spiro atoms. The molecule has 0 aliphatic heterocycles. The fraction of sp³-hybridized carbons (Fsp3) is 0.238. The van der Waals surface area contributed by atoms with E-state index in [4.69, 9.17) is 9.15 Å². The highest BCUT2D eigenvalue weighted by molar-refractivity contribution is 5.79. The molecule has 0 aliphatic carbocycles. The van der Waals surface area contributed by atoms with Gasteiger partial charge < -0.3 is 19.4 Å². The van der Waals surface area contributed by atoms with Gasteiger partial charge in [0.15, 0.2) is 5.96 Å². The third-order valence-corrected chi connectivity index (χ3v) is 4.17. The van der Waals surface area contributed by atoms with Crippen LogP contribution < -0.4 is 10.1 Å². The second-order valence-corrected chi connectivity index (χ2v) is 6.08. The molecule has 3 rings (SSSR count). The number of nitrogens with one attached hydrogen (secondary N) is 1. The fourth-order valence-corrected chi connectivity index (χ4v) is 2.82. The number of ether oxygens (including phenoxy) is 1. The van der Waals surface area contributed by atoms with Crippen molar-refractivity contribution in [2.24, 2.45) is 4.99 Å². The van der Waals surface area contributed by atoms with Crippen LogP contribution in [0.15, 0.2) is 70.3 Å². The first-order valence-corrected chi connectivity index (χ1v) is 8.74. The van der Waals surface area contributed by atoms with Gasteiger partial charge in [-0.3, -0.25) is 4.99 Å². The van der Waals surface area contributed by atoms with Gasteiger partial charge in [-0.1, -0.05) is 36.4 Å². The standard InChI is InChI=1S/C21H24N4O2/c1-22-21(25(2)14-17-11-7-8-12-19(17)26-3)23-13-18-15-27-20(24-18)16-9-5-4-6-10-16/h4-12,15H,13-14H2,1-3H3,(H,22,23). The minimum absolute atomic E-state index is 0.527. The minimum atomic E-state index is 0.527. The lowest BCUT2D eigenvalue weighted by atomic mass is 10.2. The summed E-state index contributed by atoms with van der Waals surface area (Å²) in [5.74, 6) is 2.25. The van der Waals surface area contributed by atoms with E-state index in [9.17, 15) is 0 Å². The molecule has 6 nitrogen and oxygen atoms in total. The van der Waals surface area contributed by atoms with Gasteiger partial charge in [-0.15, -0.1) is 0 Å². The Balaban J connectivity index is 1.61. The number of aliphatic imine (C=N–C) groups is 1. The molecule has 0 radical (unpaired) electrons. The number of para-hydroxylation sites is 1. The number of hydrogen-bond acceptors (Lipinski definition) is 4. The summed E-state index contributed by atoms with van der Waals surface area (Å²) in [5.41, 5.74) is 2.88. The van der Waals surface area contributed by atoms with Gasteiger partial charge in [0, 0.05) is 31.8 Å². The molecule has 2 aromatic carbocycles. The molecule has 3 aromatic rings. The molecule has 0 aliphatic rings. The van der Waals surface area contributed by atoms with Gasteiger partial charge in [0.25, 0.3) is 0 Å². The topological polar surface area (TPSA) is 62.9 Å². The zero-order valence-corrected chi connectivity index (χ0v) is 15.8. The normalized spacial score (nSPS) is 11.3. The molecule has 6 heteroatoms. The Morgan fingerprint density at radius 3 is 2.63 bits per heavy atom. The molecule has 0 fully saturated rings. The molecule has 0 unspecified atom stereocenters. The second-order valence-electron chi connectivity index (χ2n) is 6.08. The second kappa shape index (κ2) is 8.89. The van der Waals surface area contributed by atoms with E-state index in [0.717, 1.165) is 28.5 Å². The maximum absolute atomic E-state index is 5.58. The van der Waals surface area contributed by atoms with Gasteiger partial charge in [0.1, 0.15) is 12.0 Å². The lowest BCUT2D eigenvalue weighted by molar-refractivity contribution is 0.396. The minimum Gasteiger partial charge on any atom is -0.496 e. The summed E-state index contributed by atoms with van der Waals surface area (Å²) in [7, 11) is 5.43. The Morgan fingerprint density at radius 1 is 1.15 bits per heavy atom. The van der Waals surface area contributed by atoms with E-state index in [0.29, 0.717) is 19.0 Å². The van der Waals surface area contributed by atoms with Crippen LogP contribution in [0.25, 0.3) is 11.5 Å². The van der Waals surface area contributed by atoms with Crippen LogP contribution in [0.5, 0.6) is 5.75 Å². The van der Waals surface area contributed by atoms with Crippen molar-refractivity contribution < 1.29 is 9.15 Å². The maximum Gasteiger partial charge on any atom is 0.226 e. The van der Waals surface area contributed by atoms with Gasteiger partial charge in [0.05, 0.1) is 19.3 Å². The van der Waals surface area contributed by atoms with E-state index in [1.54, 1.807) is 20.4 Å². The van der Waals surface area contributed by atoms with Crippen molar-refractivity contribution in [1.29, 1.82) is 0 Å². The van der Waals surface area contributed by atoms with Crippen LogP contribution in [-0.2, 0) is 13.1 Å². The Bertz CT molecular complexity index is 890. The molecular weight excluding hydrogens is 340 g/mol. The zero-order valence-electron chi connectivity index (χ0n) is 15.8. The average molecular weight is 364 g/mol. The zero-order chi connectivity index (χ0) is 19.1. The van der Waals surface area contributed by atoms with Gasteiger partial charge in [0.2, 0.25) is 5.89 Å². The summed E-state index contributed by atoms with van der Waals surface area (Å²) in [6.07, 6.45) is 1.67. The van der Waals surface area contributed by atoms with Crippen LogP contribution in [0.1, 0.15) is 11.3 Å². The highest BCUT2D eigenvalue weighted by Crippen LogP contribution is 2.19. The molecule has 1 aromatic heterocycles. The molecule has 140 valence electrons. The number of oxazole rings is 1. The van der Waals surface area contributed by atoms with Gasteiger partial charge in [-0.25, -0.2) is 4.98 Å². The maximum atomic E-state index is 5.58. The molecular formula is C21H24N4O2. The van der Waals surface area contributed by atoms with Crippen molar-refractivity contribution in [3.63, 3.8) is 0 Å². The molecule has 0 saturated heterocycles. The number of guanidine groups is 1. The summed E-state index contributed by atoms with van der Waals surface area (Å²) < 4.78 is 11.0. The van der Waals surface area contributed by atoms with Crippen molar-refractivity contribution in [2.75, 3.05) is 21.2 Å². The molecule has 0 bridgehead atoms. The summed E-state index contributed by atoms with van der Waals surface area (Å²) in [6, 6.07) is 17.8. The van der Waals surface area contributed by atoms with Crippen molar-refractivity contribution in [1.82, 2.24) is 15.2 Å². The highest BCUT2D eigenvalue weighted by atomic mass is 16.5. The van der Waals surface area contributed by atoms with Crippen LogP contribution in [0.4, 0.5) is 0 Å². The van der Waals surface area contributed by atoms with Crippen molar-refractivity contribution in [3.8, 4) is 17.2 Å². The van der Waals surface area contributed by atoms with Gasteiger partial charge in [-0.05, 0) is 18.2 Å². The van der Waals surface area contributed by atoms with Gasteiger partial charge in [-0.2, -0.15) is 0 Å². The lowest BCUT2D eigenvalue weighted by Crippen LogP contribution is -2.38. The van der Waals surface area contributed by atoms with Crippen molar-refractivity contribution in [2.45, 2.75) is 13.1 Å². The molecule has 1 heterocycles. The Kier molecular flexibility index (Phi) is 6.10. The van der Waals surface area contributed by atoms with E-state index >= 15 is 0 Å². The fourth-order valence-electron chi connectivity index (χ4n) is 2.82. The van der Waals surface area contributed by atoms with Crippen LogP contribution in [-0.4, -0.2) is 37.0 Å². The summed E-state index contributed by atoms with van der Waals surface area (Å²) >= 11 is 0. The Hall–Kier alpha value is -3.28. The molecule has 0 amide bonds. The molecule has 0 saturated carbocycles. The lowest BCUT2D eigenvalue weighted by Gasteiger charge is -2.22. The van der Waals surface area contributed by atoms with E-state index in [1.807, 2.05) is 66.5 Å². The predicted molar refractivity (Wildman–Crippen MR) is 107 cm³/mol. The number of hydrogen-bond donors (Lipinski definition) is 1. The number of aromatic nitrogens is 1. The molecule has 27 heavy (non-hydrogen) atoms. The number of nitrogens with zero attached hydrogens (tertiary/aromatic N) is 3. The van der Waals surface area contributed by atoms with E-state index in [1.165, 1.54) is 0 Å². The number of rotatable bonds is 6. The van der Waals surface area contributed by atoms with E-state index in [-0.39, 0.29) is 0 Å². The largest absolute Gasteiger partial charge is 0.496 e. The smallest absolute Gasteiger partial charge is 0.226 e. The Labute approximate surface area is 159 Å². The SMILES string of the molecule is CN=C(NCc1coc(-c2ccccc2)n1)N(C)Cc1ccccc1OC. The molecule has 1 N–H and O–H groups in total. The number of methoxy groups -OCH3 is 1. The highest BCUT2D eigenvalue weighted by Gasteiger charge is 2.11. The first-order valence-electron chi connectivity index (χ1n) is 8.74. The first kappa shape index (κ1) is 18.5. The quantitative estimate of drug-likeness (QED) is 0.535. The number of benzene rings is 2. The summed E-state index contributed by atoms with van der Waals surface area (Å²) in [5, 5.41) is 3.32. The van der Waals surface area contributed by atoms with Crippen molar-refractivity contribution >= 4 is 5.96 Å². The van der Waals surface area contributed by atoms with E-state index < -0.39 is 0 Å². The summed E-state index contributed by atoms with van der Waals surface area (Å²) in [6.45, 7) is 1.21. The first-order chi connectivity index (χ1) is 13.2. The van der Waals surface area contributed by atoms with Crippen LogP contribution in [0.3, 0.4) is 0 Å². The summed E-state index contributed by atoms with van der Waals surface area (Å²) in [4.78, 5) is 10.9. The van der Waals surface area contributed by atoms with Crippen LogP contribution in [0.2, 0.25) is 0 Å².